The minimum Gasteiger partial charge on any atom is -0.375 e. The molecule has 38 heavy (non-hydrogen) atoms. The predicted octanol–water partition coefficient (Wildman–Crippen LogP) is 5.30. The van der Waals surface area contributed by atoms with Crippen molar-refractivity contribution in [3.8, 4) is 5.82 Å². The van der Waals surface area contributed by atoms with Gasteiger partial charge in [0, 0.05) is 36.6 Å². The second kappa shape index (κ2) is 10.9. The first-order chi connectivity index (χ1) is 18.4. The van der Waals surface area contributed by atoms with Crippen molar-refractivity contribution in [3.05, 3.63) is 101 Å². The largest absolute Gasteiger partial charge is 0.375 e. The fourth-order valence-corrected chi connectivity index (χ4v) is 5.52. The van der Waals surface area contributed by atoms with Gasteiger partial charge in [0.15, 0.2) is 5.11 Å². The lowest BCUT2D eigenvalue weighted by atomic mass is 9.96. The molecule has 8 nitrogen and oxygen atoms in total. The van der Waals surface area contributed by atoms with Gasteiger partial charge in [0.25, 0.3) is 0 Å². The summed E-state index contributed by atoms with van der Waals surface area (Å²) in [7, 11) is 1.47. The Balaban J connectivity index is 1.60. The highest BCUT2D eigenvalue weighted by molar-refractivity contribution is 7.80. The standard InChI is InChI=1S/C28H27ClN6O2S/c1-17-14-20(18(2)34(17)24-9-5-7-13-31-24)27-26(23-8-4-6-12-30-23)33-28(38)35(27)19-10-11-22(21(29)15-19)32-25(36)16-37-3/h4-15,26-27H,16H2,1-3H3,(H,32,36)(H,33,38)/t26-,27-/m1/s1. The fraction of sp³-hybridized carbons (Fsp3) is 0.214. The smallest absolute Gasteiger partial charge is 0.250 e. The minimum absolute atomic E-state index is 0.0576. The number of amides is 1. The van der Waals surface area contributed by atoms with E-state index in [1.54, 1.807) is 18.5 Å². The van der Waals surface area contributed by atoms with Crippen molar-refractivity contribution < 1.29 is 9.53 Å². The Hall–Kier alpha value is -3.79. The number of thiocarbonyl (C=S) groups is 1. The molecule has 0 saturated carbocycles. The third kappa shape index (κ3) is 4.88. The van der Waals surface area contributed by atoms with E-state index in [0.717, 1.165) is 34.2 Å². The average Bonchev–Trinajstić information content (AvgIpc) is 3.41. The summed E-state index contributed by atoms with van der Waals surface area (Å²) >= 11 is 12.5. The maximum absolute atomic E-state index is 12.0. The third-order valence-electron chi connectivity index (χ3n) is 6.55. The molecule has 2 N–H and O–H groups in total. The van der Waals surface area contributed by atoms with E-state index in [1.165, 1.54) is 7.11 Å². The Morgan fingerprint density at radius 2 is 1.87 bits per heavy atom. The van der Waals surface area contributed by atoms with Crippen molar-refractivity contribution >= 4 is 46.2 Å². The van der Waals surface area contributed by atoms with E-state index in [9.17, 15) is 4.79 Å². The first kappa shape index (κ1) is 25.8. The molecule has 4 aromatic rings. The van der Waals surface area contributed by atoms with Crippen molar-refractivity contribution in [2.75, 3.05) is 23.9 Å². The maximum Gasteiger partial charge on any atom is 0.250 e. The van der Waals surface area contributed by atoms with Crippen LogP contribution in [0.4, 0.5) is 11.4 Å². The molecule has 0 spiro atoms. The molecule has 1 amide bonds. The number of carbonyl (C=O) groups excluding carboxylic acids is 1. The molecule has 0 unspecified atom stereocenters. The van der Waals surface area contributed by atoms with Gasteiger partial charge in [-0.2, -0.15) is 0 Å². The van der Waals surface area contributed by atoms with E-state index in [0.29, 0.717) is 15.8 Å². The quantitative estimate of drug-likeness (QED) is 0.304. The topological polar surface area (TPSA) is 84.3 Å². The molecular weight excluding hydrogens is 520 g/mol. The van der Waals surface area contributed by atoms with Crippen molar-refractivity contribution in [1.29, 1.82) is 0 Å². The summed E-state index contributed by atoms with van der Waals surface area (Å²) < 4.78 is 7.05. The molecule has 1 aliphatic rings. The van der Waals surface area contributed by atoms with Gasteiger partial charge in [-0.05, 0) is 80.2 Å². The second-order valence-electron chi connectivity index (χ2n) is 8.99. The van der Waals surface area contributed by atoms with Crippen LogP contribution in [-0.2, 0) is 9.53 Å². The number of hydrogen-bond donors (Lipinski definition) is 2. The van der Waals surface area contributed by atoms with Crippen LogP contribution in [0.15, 0.2) is 73.1 Å². The van der Waals surface area contributed by atoms with Crippen molar-refractivity contribution in [3.63, 3.8) is 0 Å². The van der Waals surface area contributed by atoms with Crippen LogP contribution >= 0.6 is 23.8 Å². The van der Waals surface area contributed by atoms with E-state index < -0.39 is 0 Å². The Morgan fingerprint density at radius 3 is 2.53 bits per heavy atom. The number of ether oxygens (including phenoxy) is 1. The summed E-state index contributed by atoms with van der Waals surface area (Å²) in [4.78, 5) is 23.3. The van der Waals surface area contributed by atoms with Gasteiger partial charge in [-0.1, -0.05) is 23.7 Å². The van der Waals surface area contributed by atoms with Crippen LogP contribution in [-0.4, -0.2) is 39.3 Å². The maximum atomic E-state index is 12.0. The Bertz CT molecular complexity index is 1480. The molecule has 1 aromatic carbocycles. The van der Waals surface area contributed by atoms with Crippen LogP contribution in [0, 0.1) is 13.8 Å². The van der Waals surface area contributed by atoms with Crippen LogP contribution in [0.5, 0.6) is 0 Å². The number of aromatic nitrogens is 3. The number of nitrogens with zero attached hydrogens (tertiary/aromatic N) is 4. The zero-order valence-corrected chi connectivity index (χ0v) is 22.8. The highest BCUT2D eigenvalue weighted by Gasteiger charge is 2.42. The van der Waals surface area contributed by atoms with E-state index >= 15 is 0 Å². The van der Waals surface area contributed by atoms with Gasteiger partial charge >= 0.3 is 0 Å². The van der Waals surface area contributed by atoms with Crippen LogP contribution in [0.2, 0.25) is 5.02 Å². The van der Waals surface area contributed by atoms with E-state index in [-0.39, 0.29) is 24.6 Å². The molecule has 0 radical (unpaired) electrons. The lowest BCUT2D eigenvalue weighted by molar-refractivity contribution is -0.119. The first-order valence-corrected chi connectivity index (χ1v) is 12.9. The van der Waals surface area contributed by atoms with Gasteiger partial charge in [0.2, 0.25) is 5.91 Å². The zero-order valence-electron chi connectivity index (χ0n) is 21.2. The number of benzene rings is 1. The molecule has 5 rings (SSSR count). The van der Waals surface area contributed by atoms with Gasteiger partial charge in [0.05, 0.1) is 28.5 Å². The molecule has 0 aliphatic carbocycles. The van der Waals surface area contributed by atoms with Crippen LogP contribution in [0.1, 0.15) is 34.7 Å². The van der Waals surface area contributed by atoms with E-state index in [2.05, 4.69) is 50.0 Å². The molecule has 1 saturated heterocycles. The van der Waals surface area contributed by atoms with Crippen molar-refractivity contribution in [1.82, 2.24) is 19.9 Å². The number of carbonyl (C=O) groups is 1. The average molecular weight is 547 g/mol. The molecule has 10 heteroatoms. The summed E-state index contributed by atoms with van der Waals surface area (Å²) in [5.74, 6) is 0.568. The Labute approximate surface area is 231 Å². The highest BCUT2D eigenvalue weighted by atomic mass is 35.5. The number of methoxy groups -OCH3 is 1. The van der Waals surface area contributed by atoms with Crippen LogP contribution in [0.25, 0.3) is 5.82 Å². The van der Waals surface area contributed by atoms with Gasteiger partial charge in [-0.25, -0.2) is 4.98 Å². The lowest BCUT2D eigenvalue weighted by Gasteiger charge is -2.28. The fourth-order valence-electron chi connectivity index (χ4n) is 4.95. The lowest BCUT2D eigenvalue weighted by Crippen LogP contribution is -2.29. The minimum atomic E-state index is -0.282. The number of pyridine rings is 2. The number of anilines is 2. The van der Waals surface area contributed by atoms with Gasteiger partial charge in [-0.15, -0.1) is 0 Å². The summed E-state index contributed by atoms with van der Waals surface area (Å²) in [5.41, 5.74) is 5.37. The first-order valence-electron chi connectivity index (χ1n) is 12.1. The van der Waals surface area contributed by atoms with E-state index in [1.807, 2.05) is 48.5 Å². The number of nitrogens with one attached hydrogen (secondary N) is 2. The molecule has 2 atom stereocenters. The number of aryl methyl sites for hydroxylation is 1. The molecular formula is C28H27ClN6O2S. The molecule has 0 bridgehead atoms. The predicted molar refractivity (Wildman–Crippen MR) is 153 cm³/mol. The van der Waals surface area contributed by atoms with Gasteiger partial charge in [0.1, 0.15) is 12.4 Å². The van der Waals surface area contributed by atoms with E-state index in [4.69, 9.17) is 28.6 Å². The monoisotopic (exact) mass is 546 g/mol. The summed E-state index contributed by atoms with van der Waals surface area (Å²) in [6.07, 6.45) is 3.57. The van der Waals surface area contributed by atoms with Crippen molar-refractivity contribution in [2.45, 2.75) is 25.9 Å². The van der Waals surface area contributed by atoms with Gasteiger partial charge in [-0.3, -0.25) is 9.78 Å². The molecule has 4 heterocycles. The van der Waals surface area contributed by atoms with Crippen LogP contribution < -0.4 is 15.5 Å². The summed E-state index contributed by atoms with van der Waals surface area (Å²) in [6.45, 7) is 4.10. The highest BCUT2D eigenvalue weighted by Crippen LogP contribution is 2.44. The molecule has 1 fully saturated rings. The number of halogens is 1. The normalized spacial score (nSPS) is 16.9. The number of hydrogen-bond acceptors (Lipinski definition) is 5. The molecule has 194 valence electrons. The van der Waals surface area contributed by atoms with Crippen molar-refractivity contribution in [2.24, 2.45) is 0 Å². The van der Waals surface area contributed by atoms with Crippen LogP contribution in [0.3, 0.4) is 0 Å². The Morgan fingerprint density at radius 1 is 1.11 bits per heavy atom. The number of rotatable bonds is 7. The zero-order chi connectivity index (χ0) is 26.8. The van der Waals surface area contributed by atoms with Gasteiger partial charge < -0.3 is 24.8 Å². The summed E-state index contributed by atoms with van der Waals surface area (Å²) in [5, 5.41) is 7.21. The SMILES string of the molecule is COCC(=O)Nc1ccc(N2C(=S)N[C@H](c3ccccn3)[C@H]2c2cc(C)n(-c3ccccn3)c2C)cc1Cl. The molecule has 1 aliphatic heterocycles. The molecule has 3 aromatic heterocycles. The second-order valence-corrected chi connectivity index (χ2v) is 9.79. The third-order valence-corrected chi connectivity index (χ3v) is 7.17. The Kier molecular flexibility index (Phi) is 7.42. The summed E-state index contributed by atoms with van der Waals surface area (Å²) in [6, 6.07) is 19.0.